The Morgan fingerprint density at radius 1 is 0.769 bits per heavy atom. The van der Waals surface area contributed by atoms with Crippen LogP contribution in [0.1, 0.15) is 37.3 Å². The number of likely N-dealkylation sites (tertiary alicyclic amines) is 2. The van der Waals surface area contributed by atoms with Gasteiger partial charge in [0.2, 0.25) is 11.8 Å². The smallest absolute Gasteiger partial charge is 0.442 e. The number of nitrogens with zero attached hydrogens (tertiary/aromatic N) is 2. The minimum absolute atomic E-state index is 0.00604. The van der Waals surface area contributed by atoms with Crippen LogP contribution in [-0.4, -0.2) is 68.6 Å². The Bertz CT molecular complexity index is 2060. The highest BCUT2D eigenvalue weighted by atomic mass is 32.2. The molecule has 2 heterocycles. The first-order valence-electron chi connectivity index (χ1n) is 16.4. The number of halogens is 7. The molecular weight excluding hydrogens is 717 g/mol. The number of ether oxygens (including phenoxy) is 1. The van der Waals surface area contributed by atoms with Crippen molar-refractivity contribution in [3.8, 4) is 5.75 Å². The average molecular weight is 751 g/mol. The number of rotatable bonds is 7. The van der Waals surface area contributed by atoms with Crippen molar-refractivity contribution in [2.45, 2.75) is 53.8 Å². The Balaban J connectivity index is 1.43. The highest BCUT2D eigenvalue weighted by Gasteiger charge is 2.75. The van der Waals surface area contributed by atoms with Crippen LogP contribution in [0.2, 0.25) is 0 Å². The monoisotopic (exact) mass is 750 g/mol. The molecule has 2 aliphatic heterocycles. The van der Waals surface area contributed by atoms with Gasteiger partial charge in [0.15, 0.2) is 9.84 Å². The van der Waals surface area contributed by atoms with Gasteiger partial charge in [-0.3, -0.25) is 9.59 Å². The van der Waals surface area contributed by atoms with Crippen molar-refractivity contribution < 1.29 is 53.5 Å². The largest absolute Gasteiger partial charge is 0.464 e. The standard InChI is InChI=1S/C37H33F7N2O5S/c1-24(47)45-20-17-26(18-21-45)33(48)46-22-19-34(23-46,52(49,50)30-15-13-29(38)14-16-30)27-9-11-28(12-10-27)35(36(39,40)41,37(42,43)44)51-32-8-4-6-25-5-2-3-7-31(25)32/h2-16,26H,17-23H2,1H3/t34-/m0/s1. The predicted octanol–water partition coefficient (Wildman–Crippen LogP) is 7.54. The summed E-state index contributed by atoms with van der Waals surface area (Å²) in [6.45, 7) is 1.50. The molecule has 0 spiro atoms. The van der Waals surface area contributed by atoms with Crippen LogP contribution in [-0.2, 0) is 29.8 Å². The topological polar surface area (TPSA) is 84.0 Å². The second-order valence-electron chi connectivity index (χ2n) is 13.1. The first-order chi connectivity index (χ1) is 24.4. The summed E-state index contributed by atoms with van der Waals surface area (Å²) in [4.78, 5) is 28.0. The van der Waals surface area contributed by atoms with Gasteiger partial charge in [0.05, 0.1) is 4.90 Å². The molecule has 4 aromatic rings. The van der Waals surface area contributed by atoms with E-state index in [2.05, 4.69) is 0 Å². The van der Waals surface area contributed by atoms with Crippen LogP contribution in [0.3, 0.4) is 0 Å². The molecule has 2 fully saturated rings. The zero-order valence-corrected chi connectivity index (χ0v) is 28.5. The van der Waals surface area contributed by atoms with E-state index in [1.807, 2.05) is 0 Å². The van der Waals surface area contributed by atoms with Crippen molar-refractivity contribution in [2.75, 3.05) is 26.2 Å². The Hall–Kier alpha value is -4.66. The van der Waals surface area contributed by atoms with Crippen LogP contribution >= 0.6 is 0 Å². The molecule has 2 saturated heterocycles. The molecule has 0 aromatic heterocycles. The highest BCUT2D eigenvalue weighted by Crippen LogP contribution is 2.54. The minimum atomic E-state index is -6.05. The number of hydrogen-bond donors (Lipinski definition) is 0. The summed E-state index contributed by atoms with van der Waals surface area (Å²) < 4.78 is 135. The van der Waals surface area contributed by atoms with Crippen LogP contribution in [0.4, 0.5) is 30.7 Å². The molecule has 0 N–H and O–H groups in total. The molecule has 2 aliphatic rings. The Kier molecular flexibility index (Phi) is 9.56. The van der Waals surface area contributed by atoms with Gasteiger partial charge in [0.1, 0.15) is 16.3 Å². The molecule has 1 atom stereocenters. The molecule has 0 saturated carbocycles. The SMILES string of the molecule is CC(=O)N1CCC(C(=O)N2CC[C@](c3ccc(C(Oc4cccc5ccccc45)(C(F)(F)F)C(F)(F)F)cc3)(S(=O)(=O)c3ccc(F)cc3)C2)CC1. The average Bonchev–Trinajstić information content (AvgIpc) is 3.57. The molecule has 6 rings (SSSR count). The maximum absolute atomic E-state index is 14.9. The van der Waals surface area contributed by atoms with E-state index in [9.17, 15) is 48.7 Å². The van der Waals surface area contributed by atoms with Crippen LogP contribution in [0.5, 0.6) is 5.75 Å². The van der Waals surface area contributed by atoms with Gasteiger partial charge in [-0.15, -0.1) is 0 Å². The maximum atomic E-state index is 14.9. The summed E-state index contributed by atoms with van der Waals surface area (Å²) in [6, 6.07) is 16.3. The third-order valence-corrected chi connectivity index (χ3v) is 12.6. The fourth-order valence-corrected chi connectivity index (χ4v) is 9.32. The number of carbonyl (C=O) groups excluding carboxylic acids is 2. The number of benzene rings is 4. The zero-order valence-electron chi connectivity index (χ0n) is 27.7. The van der Waals surface area contributed by atoms with Gasteiger partial charge in [-0.2, -0.15) is 26.3 Å². The number of sulfone groups is 1. The lowest BCUT2D eigenvalue weighted by Gasteiger charge is -2.38. The summed E-state index contributed by atoms with van der Waals surface area (Å²) >= 11 is 0. The first-order valence-corrected chi connectivity index (χ1v) is 17.9. The Morgan fingerprint density at radius 3 is 1.96 bits per heavy atom. The quantitative estimate of drug-likeness (QED) is 0.144. The lowest BCUT2D eigenvalue weighted by molar-refractivity contribution is -0.364. The summed E-state index contributed by atoms with van der Waals surface area (Å²) in [5.41, 5.74) is -6.37. The summed E-state index contributed by atoms with van der Waals surface area (Å²) in [5, 5.41) is 0.345. The third kappa shape index (κ3) is 6.26. The van der Waals surface area contributed by atoms with Gasteiger partial charge in [0, 0.05) is 50.0 Å². The molecule has 52 heavy (non-hydrogen) atoms. The van der Waals surface area contributed by atoms with Gasteiger partial charge < -0.3 is 14.5 Å². The Labute approximate surface area is 294 Å². The normalized spacial score (nSPS) is 19.2. The molecule has 0 aliphatic carbocycles. The van der Waals surface area contributed by atoms with E-state index in [-0.39, 0.29) is 40.6 Å². The zero-order chi connectivity index (χ0) is 37.7. The van der Waals surface area contributed by atoms with Crippen LogP contribution in [0, 0.1) is 11.7 Å². The lowest BCUT2D eigenvalue weighted by atomic mass is 9.88. The lowest BCUT2D eigenvalue weighted by Crippen LogP contribution is -2.58. The fourth-order valence-electron chi connectivity index (χ4n) is 7.24. The van der Waals surface area contributed by atoms with E-state index in [1.165, 1.54) is 42.2 Å². The van der Waals surface area contributed by atoms with Crippen molar-refractivity contribution in [1.82, 2.24) is 9.80 Å². The molecular formula is C37H33F7N2O5S. The van der Waals surface area contributed by atoms with Crippen molar-refractivity contribution in [3.05, 3.63) is 108 Å². The number of fused-ring (bicyclic) bond motifs is 1. The van der Waals surface area contributed by atoms with Crippen molar-refractivity contribution in [2.24, 2.45) is 5.92 Å². The highest BCUT2D eigenvalue weighted by molar-refractivity contribution is 7.92. The van der Waals surface area contributed by atoms with Gasteiger partial charge in [0.25, 0.3) is 0 Å². The van der Waals surface area contributed by atoms with E-state index < -0.39 is 62.1 Å². The number of carbonyl (C=O) groups is 2. The van der Waals surface area contributed by atoms with E-state index in [0.29, 0.717) is 43.5 Å². The maximum Gasteiger partial charge on any atom is 0.442 e. The second kappa shape index (κ2) is 13.4. The van der Waals surface area contributed by atoms with E-state index in [4.69, 9.17) is 4.74 Å². The predicted molar refractivity (Wildman–Crippen MR) is 176 cm³/mol. The van der Waals surface area contributed by atoms with Gasteiger partial charge in [-0.1, -0.05) is 60.7 Å². The number of hydrogen-bond acceptors (Lipinski definition) is 5. The number of piperidine rings is 1. The van der Waals surface area contributed by atoms with E-state index in [1.54, 1.807) is 11.0 Å². The summed E-state index contributed by atoms with van der Waals surface area (Å²) in [5.74, 6) is -2.48. The molecule has 0 unspecified atom stereocenters. The van der Waals surface area contributed by atoms with Crippen molar-refractivity contribution in [1.29, 1.82) is 0 Å². The van der Waals surface area contributed by atoms with Crippen LogP contribution in [0.25, 0.3) is 10.8 Å². The fraction of sp³-hybridized carbons (Fsp3) is 0.351. The summed E-state index contributed by atoms with van der Waals surface area (Å²) in [7, 11) is -4.55. The molecule has 15 heteroatoms. The van der Waals surface area contributed by atoms with Crippen molar-refractivity contribution >= 4 is 32.4 Å². The van der Waals surface area contributed by atoms with Crippen LogP contribution < -0.4 is 4.74 Å². The first kappa shape index (κ1) is 37.1. The van der Waals surface area contributed by atoms with E-state index >= 15 is 0 Å². The molecule has 4 aromatic carbocycles. The van der Waals surface area contributed by atoms with Gasteiger partial charge in [-0.05, 0) is 60.5 Å². The van der Waals surface area contributed by atoms with Crippen LogP contribution in [0.15, 0.2) is 95.9 Å². The second-order valence-corrected chi connectivity index (χ2v) is 15.3. The third-order valence-electron chi connectivity index (χ3n) is 10.1. The molecule has 2 amide bonds. The molecule has 7 nitrogen and oxygen atoms in total. The van der Waals surface area contributed by atoms with Crippen molar-refractivity contribution in [3.63, 3.8) is 0 Å². The number of amides is 2. The Morgan fingerprint density at radius 2 is 1.37 bits per heavy atom. The molecule has 276 valence electrons. The molecule has 0 radical (unpaired) electrons. The van der Waals surface area contributed by atoms with Gasteiger partial charge >= 0.3 is 18.0 Å². The van der Waals surface area contributed by atoms with Gasteiger partial charge in [-0.25, -0.2) is 12.8 Å². The number of alkyl halides is 6. The molecule has 0 bridgehead atoms. The van der Waals surface area contributed by atoms with E-state index in [0.717, 1.165) is 42.5 Å². The minimum Gasteiger partial charge on any atom is -0.464 e. The summed E-state index contributed by atoms with van der Waals surface area (Å²) in [6.07, 6.45) is -11.7.